The van der Waals surface area contributed by atoms with E-state index in [9.17, 15) is 8.42 Å². The van der Waals surface area contributed by atoms with Gasteiger partial charge in [-0.15, -0.1) is 9.19 Å². The maximum atomic E-state index is 13.6. The lowest BCUT2D eigenvalue weighted by atomic mass is 10.1. The van der Waals surface area contributed by atoms with Gasteiger partial charge in [-0.3, -0.25) is 4.98 Å². The number of pyridine rings is 1. The molecule has 5 aromatic rings. The topological polar surface area (TPSA) is 89.8 Å². The van der Waals surface area contributed by atoms with E-state index < -0.39 is 10.0 Å². The minimum Gasteiger partial charge on any atom is -0.349 e. The van der Waals surface area contributed by atoms with Crippen molar-refractivity contribution >= 4 is 26.7 Å². The summed E-state index contributed by atoms with van der Waals surface area (Å²) >= 11 is 0. The molecule has 0 radical (unpaired) electrons. The molecule has 2 aromatic heterocycles. The van der Waals surface area contributed by atoms with Crippen molar-refractivity contribution in [3.63, 3.8) is 0 Å². The highest BCUT2D eigenvalue weighted by atomic mass is 32.2. The molecule has 7 nitrogen and oxygen atoms in total. The van der Waals surface area contributed by atoms with Crippen LogP contribution in [0.25, 0.3) is 22.2 Å². The SMILES string of the molecule is Cc1ccc(CNc2nc(-c3cccnc3)nn2S(=O)(=O)c2ccc3ccccc3c2)cc1. The molecule has 0 saturated carbocycles. The maximum absolute atomic E-state index is 13.6. The van der Waals surface area contributed by atoms with Gasteiger partial charge in [-0.25, -0.2) is 0 Å². The Hall–Kier alpha value is -4.04. The zero-order chi connectivity index (χ0) is 22.8. The Balaban J connectivity index is 1.57. The van der Waals surface area contributed by atoms with E-state index >= 15 is 0 Å². The van der Waals surface area contributed by atoms with E-state index in [1.54, 1.807) is 42.7 Å². The fourth-order valence-electron chi connectivity index (χ4n) is 3.51. The van der Waals surface area contributed by atoms with Gasteiger partial charge in [0.25, 0.3) is 10.0 Å². The van der Waals surface area contributed by atoms with Crippen molar-refractivity contribution in [2.24, 2.45) is 0 Å². The normalized spacial score (nSPS) is 11.5. The largest absolute Gasteiger partial charge is 0.349 e. The second kappa shape index (κ2) is 8.48. The van der Waals surface area contributed by atoms with Crippen LogP contribution in [0.1, 0.15) is 11.1 Å². The molecule has 1 N–H and O–H groups in total. The van der Waals surface area contributed by atoms with E-state index in [0.717, 1.165) is 26.0 Å². The first-order valence-corrected chi connectivity index (χ1v) is 11.9. The highest BCUT2D eigenvalue weighted by Crippen LogP contribution is 2.25. The standard InChI is InChI=1S/C25H21N5O2S/c1-18-8-10-19(11-9-18)16-27-25-28-24(22-7-4-14-26-17-22)29-30(25)33(31,32)23-13-12-20-5-2-3-6-21(20)15-23/h2-15,17H,16H2,1H3,(H,27,28,29). The third-order valence-corrected chi connectivity index (χ3v) is 6.88. The van der Waals surface area contributed by atoms with Gasteiger partial charge in [0.2, 0.25) is 5.95 Å². The van der Waals surface area contributed by atoms with Gasteiger partial charge in [-0.05, 0) is 47.5 Å². The van der Waals surface area contributed by atoms with Gasteiger partial charge in [0.15, 0.2) is 5.82 Å². The highest BCUT2D eigenvalue weighted by Gasteiger charge is 2.25. The van der Waals surface area contributed by atoms with Crippen LogP contribution in [0, 0.1) is 6.92 Å². The van der Waals surface area contributed by atoms with Gasteiger partial charge >= 0.3 is 0 Å². The molecule has 3 aromatic carbocycles. The van der Waals surface area contributed by atoms with Crippen LogP contribution < -0.4 is 5.32 Å². The van der Waals surface area contributed by atoms with E-state index in [1.165, 1.54) is 0 Å². The quantitative estimate of drug-likeness (QED) is 0.401. The van der Waals surface area contributed by atoms with E-state index in [-0.39, 0.29) is 16.7 Å². The van der Waals surface area contributed by atoms with Crippen LogP contribution in [0.2, 0.25) is 0 Å². The van der Waals surface area contributed by atoms with Crippen molar-refractivity contribution in [1.29, 1.82) is 0 Å². The number of rotatable bonds is 6. The van der Waals surface area contributed by atoms with Gasteiger partial charge < -0.3 is 5.32 Å². The summed E-state index contributed by atoms with van der Waals surface area (Å²) in [7, 11) is -4.00. The summed E-state index contributed by atoms with van der Waals surface area (Å²) in [6, 6.07) is 24.2. The van der Waals surface area contributed by atoms with E-state index in [1.807, 2.05) is 55.5 Å². The fraction of sp³-hybridized carbons (Fsp3) is 0.0800. The Bertz CT molecular complexity index is 1530. The van der Waals surface area contributed by atoms with Crippen molar-refractivity contribution in [3.8, 4) is 11.4 Å². The molecule has 0 aliphatic carbocycles. The first-order chi connectivity index (χ1) is 16.0. The molecule has 0 spiro atoms. The Morgan fingerprint density at radius 2 is 1.70 bits per heavy atom. The third kappa shape index (κ3) is 4.20. The van der Waals surface area contributed by atoms with Crippen LogP contribution in [-0.2, 0) is 16.6 Å². The van der Waals surface area contributed by atoms with Gasteiger partial charge in [0.1, 0.15) is 0 Å². The van der Waals surface area contributed by atoms with Gasteiger partial charge in [-0.2, -0.15) is 13.4 Å². The molecular weight excluding hydrogens is 434 g/mol. The molecule has 0 aliphatic rings. The Kier molecular flexibility index (Phi) is 5.35. The van der Waals surface area contributed by atoms with Gasteiger partial charge in [0.05, 0.1) is 4.90 Å². The van der Waals surface area contributed by atoms with Crippen molar-refractivity contribution in [1.82, 2.24) is 19.2 Å². The lowest BCUT2D eigenvalue weighted by Gasteiger charge is -2.10. The monoisotopic (exact) mass is 455 g/mol. The smallest absolute Gasteiger partial charge is 0.286 e. The van der Waals surface area contributed by atoms with Crippen molar-refractivity contribution in [3.05, 3.63) is 102 Å². The van der Waals surface area contributed by atoms with Crippen molar-refractivity contribution < 1.29 is 8.42 Å². The minimum absolute atomic E-state index is 0.141. The Labute approximate surface area is 191 Å². The van der Waals surface area contributed by atoms with E-state index in [4.69, 9.17) is 0 Å². The Morgan fingerprint density at radius 1 is 0.909 bits per heavy atom. The summed E-state index contributed by atoms with van der Waals surface area (Å²) in [4.78, 5) is 8.73. The number of hydrogen-bond donors (Lipinski definition) is 1. The van der Waals surface area contributed by atoms with E-state index in [0.29, 0.717) is 12.1 Å². The molecule has 0 atom stereocenters. The van der Waals surface area contributed by atoms with Gasteiger partial charge in [-0.1, -0.05) is 60.2 Å². The summed E-state index contributed by atoms with van der Waals surface area (Å²) in [5.41, 5.74) is 2.78. The lowest BCUT2D eigenvalue weighted by Crippen LogP contribution is -2.18. The second-order valence-electron chi connectivity index (χ2n) is 7.70. The summed E-state index contributed by atoms with van der Waals surface area (Å²) in [5.74, 6) is 0.418. The summed E-state index contributed by atoms with van der Waals surface area (Å²) in [6.45, 7) is 2.42. The zero-order valence-corrected chi connectivity index (χ0v) is 18.7. The summed E-state index contributed by atoms with van der Waals surface area (Å²) in [5, 5.41) is 9.29. The number of benzene rings is 3. The third-order valence-electron chi connectivity index (χ3n) is 5.32. The molecule has 8 heteroatoms. The number of fused-ring (bicyclic) bond motifs is 1. The van der Waals surface area contributed by atoms with Crippen LogP contribution in [0.5, 0.6) is 0 Å². The number of aromatic nitrogens is 4. The van der Waals surface area contributed by atoms with Crippen LogP contribution >= 0.6 is 0 Å². The molecule has 5 rings (SSSR count). The maximum Gasteiger partial charge on any atom is 0.286 e. The molecule has 33 heavy (non-hydrogen) atoms. The molecule has 2 heterocycles. The van der Waals surface area contributed by atoms with Crippen LogP contribution in [0.4, 0.5) is 5.95 Å². The lowest BCUT2D eigenvalue weighted by molar-refractivity contribution is 0.581. The minimum atomic E-state index is -4.00. The molecule has 0 unspecified atom stereocenters. The first kappa shape index (κ1) is 20.8. The number of hydrogen-bond acceptors (Lipinski definition) is 6. The Morgan fingerprint density at radius 3 is 2.45 bits per heavy atom. The molecular formula is C25H21N5O2S. The average Bonchev–Trinajstić information content (AvgIpc) is 3.29. The van der Waals surface area contributed by atoms with Gasteiger partial charge in [0, 0.05) is 24.5 Å². The first-order valence-electron chi connectivity index (χ1n) is 10.4. The number of nitrogens with one attached hydrogen (secondary N) is 1. The molecule has 0 fully saturated rings. The predicted molar refractivity (Wildman–Crippen MR) is 128 cm³/mol. The summed E-state index contributed by atoms with van der Waals surface area (Å²) in [6.07, 6.45) is 3.24. The average molecular weight is 456 g/mol. The highest BCUT2D eigenvalue weighted by molar-refractivity contribution is 7.90. The van der Waals surface area contributed by atoms with Crippen LogP contribution in [-0.4, -0.2) is 27.6 Å². The summed E-state index contributed by atoms with van der Waals surface area (Å²) < 4.78 is 28.2. The van der Waals surface area contributed by atoms with Crippen molar-refractivity contribution in [2.45, 2.75) is 18.4 Å². The van der Waals surface area contributed by atoms with Crippen molar-refractivity contribution in [2.75, 3.05) is 5.32 Å². The molecule has 0 bridgehead atoms. The molecule has 0 amide bonds. The van der Waals surface area contributed by atoms with Crippen LogP contribution in [0.3, 0.4) is 0 Å². The molecule has 0 saturated heterocycles. The molecule has 0 aliphatic heterocycles. The second-order valence-corrected chi connectivity index (χ2v) is 9.46. The fourth-order valence-corrected chi connectivity index (χ4v) is 4.74. The van der Waals surface area contributed by atoms with Crippen LogP contribution in [0.15, 0.2) is 96.2 Å². The number of aryl methyl sites for hydroxylation is 1. The number of nitrogens with zero attached hydrogens (tertiary/aromatic N) is 4. The number of anilines is 1. The predicted octanol–water partition coefficient (Wildman–Crippen LogP) is 4.65. The zero-order valence-electron chi connectivity index (χ0n) is 17.9. The van der Waals surface area contributed by atoms with E-state index in [2.05, 4.69) is 20.4 Å². The molecule has 164 valence electrons.